The molecule has 27 heavy (non-hydrogen) atoms. The van der Waals surface area contributed by atoms with Crippen molar-refractivity contribution >= 4 is 39.1 Å². The van der Waals surface area contributed by atoms with Crippen molar-refractivity contribution in [2.24, 2.45) is 11.7 Å². The fourth-order valence-corrected chi connectivity index (χ4v) is 4.58. The lowest BCUT2D eigenvalue weighted by Crippen LogP contribution is -2.30. The Morgan fingerprint density at radius 2 is 1.59 bits per heavy atom. The van der Waals surface area contributed by atoms with E-state index in [-0.39, 0.29) is 17.0 Å². The molecular formula is C18H17N3O5S. The quantitative estimate of drug-likeness (QED) is 0.819. The van der Waals surface area contributed by atoms with Crippen molar-refractivity contribution in [3.63, 3.8) is 0 Å². The van der Waals surface area contributed by atoms with Gasteiger partial charge in [0.1, 0.15) is 0 Å². The number of hydrogen-bond acceptors (Lipinski definition) is 5. The van der Waals surface area contributed by atoms with Gasteiger partial charge in [0.05, 0.1) is 17.4 Å². The van der Waals surface area contributed by atoms with Crippen LogP contribution in [-0.4, -0.2) is 31.9 Å². The van der Waals surface area contributed by atoms with Crippen LogP contribution in [0.3, 0.4) is 0 Å². The summed E-state index contributed by atoms with van der Waals surface area (Å²) in [7, 11) is -3.69. The van der Waals surface area contributed by atoms with E-state index < -0.39 is 33.7 Å². The first kappa shape index (κ1) is 18.6. The van der Waals surface area contributed by atoms with E-state index in [1.54, 1.807) is 19.1 Å². The number of anilines is 2. The maximum atomic E-state index is 12.3. The van der Waals surface area contributed by atoms with Gasteiger partial charge in [-0.15, -0.1) is 0 Å². The summed E-state index contributed by atoms with van der Waals surface area (Å²) < 4.78 is 25.0. The van der Waals surface area contributed by atoms with Gasteiger partial charge in [-0.25, -0.2) is 12.7 Å². The Balaban J connectivity index is 1.76. The highest BCUT2D eigenvalue weighted by Gasteiger charge is 2.41. The number of rotatable bonds is 4. The minimum atomic E-state index is -3.69. The summed E-state index contributed by atoms with van der Waals surface area (Å²) in [6, 6.07) is 11.8. The summed E-state index contributed by atoms with van der Waals surface area (Å²) in [5.74, 6) is -2.29. The van der Waals surface area contributed by atoms with Gasteiger partial charge < -0.3 is 11.1 Å². The Morgan fingerprint density at radius 1 is 1.04 bits per heavy atom. The Kier molecular flexibility index (Phi) is 4.71. The lowest BCUT2D eigenvalue weighted by molar-refractivity contribution is -0.119. The molecule has 0 aliphatic carbocycles. The highest BCUT2D eigenvalue weighted by Crippen LogP contribution is 2.28. The number of primary amides is 1. The molecule has 1 fully saturated rings. The van der Waals surface area contributed by atoms with Crippen molar-refractivity contribution < 1.29 is 22.8 Å². The van der Waals surface area contributed by atoms with Crippen LogP contribution in [0.25, 0.3) is 0 Å². The second-order valence-electron chi connectivity index (χ2n) is 6.22. The molecule has 2 aromatic rings. The fourth-order valence-electron chi connectivity index (χ4n) is 2.76. The molecule has 3 amide bonds. The molecule has 8 nitrogen and oxygen atoms in total. The van der Waals surface area contributed by atoms with Gasteiger partial charge in [0, 0.05) is 16.8 Å². The molecule has 3 rings (SSSR count). The van der Waals surface area contributed by atoms with Gasteiger partial charge in [-0.3, -0.25) is 14.4 Å². The topological polar surface area (TPSA) is 127 Å². The lowest BCUT2D eigenvalue weighted by atomic mass is 10.1. The minimum absolute atomic E-state index is 0.201. The molecule has 3 N–H and O–H groups in total. The number of nitrogens with zero attached hydrogens (tertiary/aromatic N) is 1. The molecule has 0 radical (unpaired) electrons. The number of amides is 3. The normalized spacial score (nSPS) is 18.3. The van der Waals surface area contributed by atoms with E-state index in [2.05, 4.69) is 5.32 Å². The Labute approximate surface area is 156 Å². The average molecular weight is 387 g/mol. The number of carbonyl (C=O) groups excluding carboxylic acids is 3. The zero-order valence-corrected chi connectivity index (χ0v) is 15.2. The van der Waals surface area contributed by atoms with Crippen LogP contribution in [0.1, 0.15) is 27.6 Å². The summed E-state index contributed by atoms with van der Waals surface area (Å²) in [5.41, 5.74) is 6.44. The van der Waals surface area contributed by atoms with Gasteiger partial charge >= 0.3 is 0 Å². The predicted molar refractivity (Wildman–Crippen MR) is 99.8 cm³/mol. The number of hydrogen-bond donors (Lipinski definition) is 2. The standard InChI is InChI=1S/C18H17N3O5S/c1-11-10-27(25,26)21(18(11)24)15-8-4-13(5-9-15)17(23)20-14-6-2-12(3-7-14)16(19)22/h2-9,11H,10H2,1H3,(H2,19,22)(H,20,23). The van der Waals surface area contributed by atoms with Gasteiger partial charge in [0.2, 0.25) is 21.8 Å². The molecule has 1 aliphatic rings. The van der Waals surface area contributed by atoms with E-state index in [1.165, 1.54) is 36.4 Å². The number of nitrogens with two attached hydrogens (primary N) is 1. The molecule has 0 spiro atoms. The van der Waals surface area contributed by atoms with Crippen LogP contribution in [0.15, 0.2) is 48.5 Å². The highest BCUT2D eigenvalue weighted by molar-refractivity contribution is 7.94. The second-order valence-corrected chi connectivity index (χ2v) is 8.09. The molecular weight excluding hydrogens is 370 g/mol. The molecule has 1 aliphatic heterocycles. The summed E-state index contributed by atoms with van der Waals surface area (Å²) in [4.78, 5) is 35.4. The van der Waals surface area contributed by atoms with E-state index in [0.717, 1.165) is 4.31 Å². The number of carbonyl (C=O) groups is 3. The van der Waals surface area contributed by atoms with Gasteiger partial charge in [0.25, 0.3) is 5.91 Å². The van der Waals surface area contributed by atoms with Gasteiger partial charge in [-0.05, 0) is 48.5 Å². The maximum Gasteiger partial charge on any atom is 0.255 e. The monoisotopic (exact) mass is 387 g/mol. The zero-order chi connectivity index (χ0) is 19.8. The van der Waals surface area contributed by atoms with Crippen molar-refractivity contribution in [1.82, 2.24) is 0 Å². The number of nitrogens with one attached hydrogen (secondary N) is 1. The lowest BCUT2D eigenvalue weighted by Gasteiger charge is -2.15. The highest BCUT2D eigenvalue weighted by atomic mass is 32.2. The third kappa shape index (κ3) is 3.68. The predicted octanol–water partition coefficient (Wildman–Crippen LogP) is 1.35. The van der Waals surface area contributed by atoms with Crippen molar-refractivity contribution in [1.29, 1.82) is 0 Å². The second kappa shape index (κ2) is 6.84. The van der Waals surface area contributed by atoms with Crippen LogP contribution in [0.2, 0.25) is 0 Å². The number of benzene rings is 2. The summed E-state index contributed by atoms with van der Waals surface area (Å²) in [6.45, 7) is 1.56. The first-order valence-corrected chi connectivity index (χ1v) is 9.68. The van der Waals surface area contributed by atoms with Crippen LogP contribution >= 0.6 is 0 Å². The third-order valence-corrected chi connectivity index (χ3v) is 6.02. The van der Waals surface area contributed by atoms with E-state index in [4.69, 9.17) is 5.73 Å². The molecule has 1 atom stereocenters. The fraction of sp³-hybridized carbons (Fsp3) is 0.167. The molecule has 0 aromatic heterocycles. The van der Waals surface area contributed by atoms with Gasteiger partial charge in [0.15, 0.2) is 0 Å². The van der Waals surface area contributed by atoms with Gasteiger partial charge in [-0.1, -0.05) is 6.92 Å². The molecule has 1 heterocycles. The molecule has 1 unspecified atom stereocenters. The van der Waals surface area contributed by atoms with E-state index in [9.17, 15) is 22.8 Å². The average Bonchev–Trinajstić information content (AvgIpc) is 2.82. The SMILES string of the molecule is CC1CS(=O)(=O)N(c2ccc(C(=O)Nc3ccc(C(N)=O)cc3)cc2)C1=O. The molecule has 0 bridgehead atoms. The smallest absolute Gasteiger partial charge is 0.255 e. The van der Waals surface area contributed by atoms with Crippen molar-refractivity contribution in [2.75, 3.05) is 15.4 Å². The first-order chi connectivity index (χ1) is 12.7. The van der Waals surface area contributed by atoms with Crippen LogP contribution in [0.5, 0.6) is 0 Å². The zero-order valence-electron chi connectivity index (χ0n) is 14.4. The van der Waals surface area contributed by atoms with Crippen molar-refractivity contribution in [3.05, 3.63) is 59.7 Å². The van der Waals surface area contributed by atoms with Crippen LogP contribution < -0.4 is 15.4 Å². The minimum Gasteiger partial charge on any atom is -0.366 e. The molecule has 1 saturated heterocycles. The van der Waals surface area contributed by atoms with Gasteiger partial charge in [-0.2, -0.15) is 0 Å². The molecule has 0 saturated carbocycles. The number of sulfonamides is 1. The van der Waals surface area contributed by atoms with Crippen molar-refractivity contribution in [3.8, 4) is 0 Å². The van der Waals surface area contributed by atoms with Crippen LogP contribution in [-0.2, 0) is 14.8 Å². The van der Waals surface area contributed by atoms with E-state index in [1.807, 2.05) is 0 Å². The summed E-state index contributed by atoms with van der Waals surface area (Å²) in [5, 5.41) is 2.66. The largest absolute Gasteiger partial charge is 0.366 e. The summed E-state index contributed by atoms with van der Waals surface area (Å²) >= 11 is 0. The van der Waals surface area contributed by atoms with E-state index >= 15 is 0 Å². The van der Waals surface area contributed by atoms with E-state index in [0.29, 0.717) is 11.3 Å². The van der Waals surface area contributed by atoms with Crippen LogP contribution in [0.4, 0.5) is 11.4 Å². The maximum absolute atomic E-state index is 12.3. The molecule has 2 aromatic carbocycles. The van der Waals surface area contributed by atoms with Crippen molar-refractivity contribution in [2.45, 2.75) is 6.92 Å². The molecule has 9 heteroatoms. The molecule has 140 valence electrons. The Bertz CT molecular complexity index is 1010. The summed E-state index contributed by atoms with van der Waals surface area (Å²) in [6.07, 6.45) is 0. The Morgan fingerprint density at radius 3 is 2.07 bits per heavy atom. The first-order valence-electron chi connectivity index (χ1n) is 8.07. The van der Waals surface area contributed by atoms with Crippen LogP contribution in [0, 0.1) is 5.92 Å². The Hall–Kier alpha value is -3.20. The third-order valence-electron chi connectivity index (χ3n) is 4.15.